The standard InChI is InChI=1S/C13H16FNO/c1-10-7-12(14)4-5-13(10)15-8-11-3-2-6-16-9-11/h3-5,7,15H,2,6,8-9H2,1H3. The molecule has 0 saturated carbocycles. The second kappa shape index (κ2) is 5.12. The van der Waals surface area contributed by atoms with Crippen LogP contribution < -0.4 is 5.32 Å². The first-order valence-corrected chi connectivity index (χ1v) is 5.51. The summed E-state index contributed by atoms with van der Waals surface area (Å²) in [6.07, 6.45) is 3.19. The van der Waals surface area contributed by atoms with Crippen molar-refractivity contribution in [2.75, 3.05) is 25.1 Å². The summed E-state index contributed by atoms with van der Waals surface area (Å²) in [6.45, 7) is 4.19. The minimum Gasteiger partial charge on any atom is -0.381 e. The SMILES string of the molecule is Cc1cc(F)ccc1NCC1=CCCOC1. The van der Waals surface area contributed by atoms with Crippen molar-refractivity contribution in [3.05, 3.63) is 41.2 Å². The Kier molecular flexibility index (Phi) is 3.57. The van der Waals surface area contributed by atoms with Crippen LogP contribution in [0.5, 0.6) is 0 Å². The Hall–Kier alpha value is -1.35. The quantitative estimate of drug-likeness (QED) is 0.792. The lowest BCUT2D eigenvalue weighted by Crippen LogP contribution is -2.14. The summed E-state index contributed by atoms with van der Waals surface area (Å²) in [4.78, 5) is 0. The number of halogens is 1. The van der Waals surface area contributed by atoms with E-state index in [0.717, 1.165) is 30.8 Å². The third-order valence-electron chi connectivity index (χ3n) is 2.68. The van der Waals surface area contributed by atoms with Crippen molar-refractivity contribution in [2.24, 2.45) is 0 Å². The summed E-state index contributed by atoms with van der Waals surface area (Å²) in [5.74, 6) is -0.191. The van der Waals surface area contributed by atoms with Gasteiger partial charge in [0.25, 0.3) is 0 Å². The predicted octanol–water partition coefficient (Wildman–Crippen LogP) is 2.89. The summed E-state index contributed by atoms with van der Waals surface area (Å²) >= 11 is 0. The molecule has 2 nitrogen and oxygen atoms in total. The molecule has 1 aliphatic heterocycles. The molecule has 0 bridgehead atoms. The van der Waals surface area contributed by atoms with Crippen LogP contribution in [0, 0.1) is 12.7 Å². The zero-order valence-electron chi connectivity index (χ0n) is 9.42. The zero-order chi connectivity index (χ0) is 11.4. The van der Waals surface area contributed by atoms with E-state index in [2.05, 4.69) is 11.4 Å². The van der Waals surface area contributed by atoms with Crippen LogP contribution in [0.25, 0.3) is 0 Å². The molecule has 1 aliphatic rings. The summed E-state index contributed by atoms with van der Waals surface area (Å²) in [5, 5.41) is 3.29. The summed E-state index contributed by atoms with van der Waals surface area (Å²) in [6, 6.07) is 4.78. The number of benzene rings is 1. The normalized spacial score (nSPS) is 15.8. The molecule has 0 aromatic heterocycles. The highest BCUT2D eigenvalue weighted by molar-refractivity contribution is 5.51. The highest BCUT2D eigenvalue weighted by Crippen LogP contribution is 2.16. The Balaban J connectivity index is 1.96. The first-order valence-electron chi connectivity index (χ1n) is 5.51. The van der Waals surface area contributed by atoms with Gasteiger partial charge in [0.15, 0.2) is 0 Å². The maximum absolute atomic E-state index is 12.9. The summed E-state index contributed by atoms with van der Waals surface area (Å²) in [5.41, 5.74) is 3.17. The Morgan fingerprint density at radius 1 is 1.44 bits per heavy atom. The van der Waals surface area contributed by atoms with Gasteiger partial charge in [-0.15, -0.1) is 0 Å². The number of hydrogen-bond acceptors (Lipinski definition) is 2. The Bertz CT molecular complexity index is 401. The lowest BCUT2D eigenvalue weighted by Gasteiger charge is -2.15. The topological polar surface area (TPSA) is 21.3 Å². The fourth-order valence-electron chi connectivity index (χ4n) is 1.77. The van der Waals surface area contributed by atoms with Crippen LogP contribution >= 0.6 is 0 Å². The molecule has 1 aromatic rings. The van der Waals surface area contributed by atoms with E-state index in [9.17, 15) is 4.39 Å². The van der Waals surface area contributed by atoms with E-state index in [1.807, 2.05) is 6.92 Å². The average Bonchev–Trinajstić information content (AvgIpc) is 2.29. The van der Waals surface area contributed by atoms with Crippen molar-refractivity contribution >= 4 is 5.69 Å². The van der Waals surface area contributed by atoms with Gasteiger partial charge in [-0.05, 0) is 42.7 Å². The van der Waals surface area contributed by atoms with Crippen molar-refractivity contribution in [3.63, 3.8) is 0 Å². The highest BCUT2D eigenvalue weighted by Gasteiger charge is 2.04. The molecule has 0 radical (unpaired) electrons. The number of rotatable bonds is 3. The number of aryl methyl sites for hydroxylation is 1. The van der Waals surface area contributed by atoms with Gasteiger partial charge in [-0.1, -0.05) is 6.08 Å². The van der Waals surface area contributed by atoms with Gasteiger partial charge in [0.1, 0.15) is 5.82 Å². The fourth-order valence-corrected chi connectivity index (χ4v) is 1.77. The van der Waals surface area contributed by atoms with Gasteiger partial charge in [0, 0.05) is 12.2 Å². The van der Waals surface area contributed by atoms with Crippen molar-refractivity contribution in [3.8, 4) is 0 Å². The van der Waals surface area contributed by atoms with Crippen molar-refractivity contribution in [2.45, 2.75) is 13.3 Å². The largest absolute Gasteiger partial charge is 0.381 e. The Morgan fingerprint density at radius 2 is 2.31 bits per heavy atom. The second-order valence-electron chi connectivity index (χ2n) is 4.02. The molecule has 86 valence electrons. The van der Waals surface area contributed by atoms with E-state index in [1.165, 1.54) is 17.7 Å². The van der Waals surface area contributed by atoms with Crippen molar-refractivity contribution < 1.29 is 9.13 Å². The molecular weight excluding hydrogens is 205 g/mol. The second-order valence-corrected chi connectivity index (χ2v) is 4.02. The molecule has 16 heavy (non-hydrogen) atoms. The molecule has 0 saturated heterocycles. The number of anilines is 1. The van der Waals surface area contributed by atoms with E-state index in [4.69, 9.17) is 4.74 Å². The van der Waals surface area contributed by atoms with Gasteiger partial charge in [0.2, 0.25) is 0 Å². The van der Waals surface area contributed by atoms with Gasteiger partial charge < -0.3 is 10.1 Å². The number of hydrogen-bond donors (Lipinski definition) is 1. The first-order chi connectivity index (χ1) is 7.75. The van der Waals surface area contributed by atoms with Crippen molar-refractivity contribution in [1.82, 2.24) is 0 Å². The third-order valence-corrected chi connectivity index (χ3v) is 2.68. The van der Waals surface area contributed by atoms with Crippen LogP contribution in [0.2, 0.25) is 0 Å². The molecule has 0 unspecified atom stereocenters. The zero-order valence-corrected chi connectivity index (χ0v) is 9.42. The van der Waals surface area contributed by atoms with Gasteiger partial charge >= 0.3 is 0 Å². The third kappa shape index (κ3) is 2.83. The maximum atomic E-state index is 12.9. The molecule has 1 aromatic carbocycles. The van der Waals surface area contributed by atoms with E-state index in [1.54, 1.807) is 6.07 Å². The van der Waals surface area contributed by atoms with E-state index < -0.39 is 0 Å². The molecular formula is C13H16FNO. The van der Waals surface area contributed by atoms with Gasteiger partial charge in [-0.2, -0.15) is 0 Å². The molecule has 3 heteroatoms. The van der Waals surface area contributed by atoms with Gasteiger partial charge in [-0.25, -0.2) is 4.39 Å². The Morgan fingerprint density at radius 3 is 3.00 bits per heavy atom. The molecule has 0 aliphatic carbocycles. The monoisotopic (exact) mass is 221 g/mol. The molecule has 0 fully saturated rings. The lowest BCUT2D eigenvalue weighted by molar-refractivity contribution is 0.150. The minimum atomic E-state index is -0.191. The molecule has 1 heterocycles. The van der Waals surface area contributed by atoms with E-state index in [0.29, 0.717) is 6.61 Å². The van der Waals surface area contributed by atoms with Crippen LogP contribution in [-0.4, -0.2) is 19.8 Å². The molecule has 2 rings (SSSR count). The van der Waals surface area contributed by atoms with E-state index >= 15 is 0 Å². The summed E-state index contributed by atoms with van der Waals surface area (Å²) in [7, 11) is 0. The van der Waals surface area contributed by atoms with Crippen LogP contribution in [0.4, 0.5) is 10.1 Å². The average molecular weight is 221 g/mol. The van der Waals surface area contributed by atoms with Crippen LogP contribution in [0.3, 0.4) is 0 Å². The smallest absolute Gasteiger partial charge is 0.123 e. The van der Waals surface area contributed by atoms with Crippen LogP contribution in [-0.2, 0) is 4.74 Å². The predicted molar refractivity (Wildman–Crippen MR) is 63.1 cm³/mol. The van der Waals surface area contributed by atoms with Gasteiger partial charge in [-0.3, -0.25) is 0 Å². The fraction of sp³-hybridized carbons (Fsp3) is 0.385. The number of nitrogens with one attached hydrogen (secondary N) is 1. The minimum absolute atomic E-state index is 0.191. The molecule has 1 N–H and O–H groups in total. The molecule has 0 atom stereocenters. The maximum Gasteiger partial charge on any atom is 0.123 e. The first kappa shape index (κ1) is 11.1. The lowest BCUT2D eigenvalue weighted by atomic mass is 10.1. The highest BCUT2D eigenvalue weighted by atomic mass is 19.1. The Labute approximate surface area is 95.1 Å². The number of ether oxygens (including phenoxy) is 1. The van der Waals surface area contributed by atoms with Crippen molar-refractivity contribution in [1.29, 1.82) is 0 Å². The van der Waals surface area contributed by atoms with Gasteiger partial charge in [0.05, 0.1) is 13.2 Å². The summed E-state index contributed by atoms with van der Waals surface area (Å²) < 4.78 is 18.2. The van der Waals surface area contributed by atoms with Crippen LogP contribution in [0.15, 0.2) is 29.8 Å². The molecule has 0 spiro atoms. The van der Waals surface area contributed by atoms with Crippen LogP contribution in [0.1, 0.15) is 12.0 Å². The molecule has 0 amide bonds. The van der Waals surface area contributed by atoms with E-state index in [-0.39, 0.29) is 5.82 Å².